The van der Waals surface area contributed by atoms with Gasteiger partial charge in [-0.3, -0.25) is 9.78 Å². The summed E-state index contributed by atoms with van der Waals surface area (Å²) in [4.78, 5) is 33.0. The Hall–Kier alpha value is -3.14. The summed E-state index contributed by atoms with van der Waals surface area (Å²) in [7, 11) is 0. The Balaban J connectivity index is 1.45. The van der Waals surface area contributed by atoms with E-state index in [1.807, 2.05) is 0 Å². The molecule has 10 heteroatoms. The number of benzene rings is 2. The number of thioether (sulfide) groups is 1. The number of rotatable bonds is 4. The van der Waals surface area contributed by atoms with Crippen molar-refractivity contribution in [3.05, 3.63) is 66.1 Å². The van der Waals surface area contributed by atoms with Gasteiger partial charge in [-0.2, -0.15) is 13.2 Å². The fraction of sp³-hybridized carbons (Fsp3) is 0.227. The molecular weight excluding hydrogens is 446 g/mol. The van der Waals surface area contributed by atoms with Gasteiger partial charge in [0.15, 0.2) is 0 Å². The van der Waals surface area contributed by atoms with Gasteiger partial charge in [0.1, 0.15) is 11.4 Å². The highest BCUT2D eigenvalue weighted by molar-refractivity contribution is 8.00. The summed E-state index contributed by atoms with van der Waals surface area (Å²) in [6, 6.07) is 10.5. The number of hydrogen-bond donors (Lipinski definition) is 0. The molecule has 1 aromatic heterocycles. The van der Waals surface area contributed by atoms with E-state index in [4.69, 9.17) is 0 Å². The van der Waals surface area contributed by atoms with Crippen molar-refractivity contribution < 1.29 is 27.2 Å². The Morgan fingerprint density at radius 1 is 1.03 bits per heavy atom. The molecule has 1 saturated heterocycles. The molecule has 1 spiro atoms. The first-order valence-corrected chi connectivity index (χ1v) is 10.5. The van der Waals surface area contributed by atoms with E-state index in [0.29, 0.717) is 23.7 Å². The molecule has 2 heterocycles. The van der Waals surface area contributed by atoms with Crippen molar-refractivity contribution in [3.63, 3.8) is 0 Å². The highest BCUT2D eigenvalue weighted by Gasteiger charge is 2.65. The largest absolute Gasteiger partial charge is 0.446 e. The Morgan fingerprint density at radius 3 is 2.41 bits per heavy atom. The van der Waals surface area contributed by atoms with Crippen molar-refractivity contribution in [2.75, 3.05) is 4.90 Å². The first kappa shape index (κ1) is 20.7. The number of anilines is 1. The molecule has 1 aliphatic heterocycles. The number of carbonyl (C=O) groups is 2. The quantitative estimate of drug-likeness (QED) is 0.293. The van der Waals surface area contributed by atoms with Gasteiger partial charge in [0.25, 0.3) is 5.91 Å². The maximum Gasteiger partial charge on any atom is 0.446 e. The molecule has 3 aromatic rings. The van der Waals surface area contributed by atoms with Crippen LogP contribution in [0.2, 0.25) is 0 Å². The van der Waals surface area contributed by atoms with Gasteiger partial charge in [-0.05, 0) is 72.6 Å². The van der Waals surface area contributed by atoms with E-state index in [1.54, 1.807) is 12.1 Å². The molecule has 3 amide bonds. The zero-order chi connectivity index (χ0) is 22.7. The Kier molecular flexibility index (Phi) is 4.66. The van der Waals surface area contributed by atoms with E-state index >= 15 is 0 Å². The molecule has 0 atom stereocenters. The summed E-state index contributed by atoms with van der Waals surface area (Å²) in [6.45, 7) is 0.133. The van der Waals surface area contributed by atoms with Gasteiger partial charge in [0.05, 0.1) is 11.2 Å². The van der Waals surface area contributed by atoms with Crippen molar-refractivity contribution >= 4 is 40.3 Å². The zero-order valence-electron chi connectivity index (χ0n) is 16.4. The number of alkyl halides is 3. The third-order valence-corrected chi connectivity index (χ3v) is 6.46. The monoisotopic (exact) mass is 461 g/mol. The third-order valence-electron chi connectivity index (χ3n) is 5.72. The predicted octanol–water partition coefficient (Wildman–Crippen LogP) is 5.49. The van der Waals surface area contributed by atoms with Crippen LogP contribution in [0.25, 0.3) is 10.9 Å². The topological polar surface area (TPSA) is 53.5 Å². The summed E-state index contributed by atoms with van der Waals surface area (Å²) in [6.07, 6.45) is 2.54. The van der Waals surface area contributed by atoms with Crippen LogP contribution in [0.4, 0.5) is 28.0 Å². The minimum atomic E-state index is -4.42. The maximum atomic E-state index is 13.6. The van der Waals surface area contributed by atoms with Gasteiger partial charge < -0.3 is 4.90 Å². The summed E-state index contributed by atoms with van der Waals surface area (Å²) in [5.74, 6) is -0.810. The maximum absolute atomic E-state index is 13.6. The second kappa shape index (κ2) is 7.19. The third kappa shape index (κ3) is 3.48. The van der Waals surface area contributed by atoms with Crippen molar-refractivity contribution in [3.8, 4) is 0 Å². The Morgan fingerprint density at radius 2 is 1.75 bits per heavy atom. The molecule has 1 saturated carbocycles. The molecule has 2 aliphatic rings. The Bertz CT molecular complexity index is 1240. The molecule has 164 valence electrons. The van der Waals surface area contributed by atoms with Gasteiger partial charge in [0.2, 0.25) is 0 Å². The zero-order valence-corrected chi connectivity index (χ0v) is 17.2. The molecule has 0 unspecified atom stereocenters. The van der Waals surface area contributed by atoms with Crippen LogP contribution < -0.4 is 4.90 Å². The Labute approximate surface area is 184 Å². The van der Waals surface area contributed by atoms with Crippen LogP contribution >= 0.6 is 11.8 Å². The van der Waals surface area contributed by atoms with Crippen molar-refractivity contribution in [2.24, 2.45) is 0 Å². The molecule has 5 rings (SSSR count). The molecule has 0 bridgehead atoms. The first-order chi connectivity index (χ1) is 15.2. The fourth-order valence-electron chi connectivity index (χ4n) is 4.05. The minimum absolute atomic E-state index is 0.0335. The highest BCUT2D eigenvalue weighted by Crippen LogP contribution is 2.50. The van der Waals surface area contributed by atoms with Gasteiger partial charge in [-0.25, -0.2) is 14.1 Å². The average Bonchev–Trinajstić information content (AvgIpc) is 3.50. The van der Waals surface area contributed by atoms with Crippen LogP contribution in [0.1, 0.15) is 18.4 Å². The van der Waals surface area contributed by atoms with E-state index in [0.717, 1.165) is 10.5 Å². The van der Waals surface area contributed by atoms with E-state index < -0.39 is 22.9 Å². The molecule has 0 N–H and O–H groups in total. The number of urea groups is 1. The van der Waals surface area contributed by atoms with E-state index in [2.05, 4.69) is 4.98 Å². The molecule has 1 aliphatic carbocycles. The lowest BCUT2D eigenvalue weighted by molar-refractivity contribution is -0.120. The number of carbonyl (C=O) groups excluding carboxylic acids is 2. The number of pyridine rings is 1. The molecular formula is C22H15F4N3O2S. The molecule has 2 fully saturated rings. The van der Waals surface area contributed by atoms with Gasteiger partial charge in [-0.15, -0.1) is 0 Å². The number of amides is 3. The second-order valence-corrected chi connectivity index (χ2v) is 8.85. The summed E-state index contributed by atoms with van der Waals surface area (Å²) >= 11 is -0.261. The average molecular weight is 461 g/mol. The molecule has 2 aromatic carbocycles. The SMILES string of the molecule is O=C1N(c2ccc(SC(F)(F)F)cc2)C(=O)C2(CC2)N1Cc1ccnc2cc(F)ccc12. The van der Waals surface area contributed by atoms with E-state index in [-0.39, 0.29) is 34.8 Å². The number of aromatic nitrogens is 1. The number of imide groups is 1. The minimum Gasteiger partial charge on any atom is -0.305 e. The first-order valence-electron chi connectivity index (χ1n) is 9.73. The van der Waals surface area contributed by atoms with E-state index in [9.17, 15) is 27.2 Å². The van der Waals surface area contributed by atoms with Crippen molar-refractivity contribution in [1.29, 1.82) is 0 Å². The summed E-state index contributed by atoms with van der Waals surface area (Å²) in [5, 5.41) is 0.678. The lowest BCUT2D eigenvalue weighted by Gasteiger charge is -2.22. The van der Waals surface area contributed by atoms with Gasteiger partial charge in [0, 0.05) is 29.1 Å². The normalized spacial score (nSPS) is 17.6. The fourth-order valence-corrected chi connectivity index (χ4v) is 4.59. The number of hydrogen-bond acceptors (Lipinski definition) is 4. The van der Waals surface area contributed by atoms with Crippen molar-refractivity contribution in [1.82, 2.24) is 9.88 Å². The van der Waals surface area contributed by atoms with Gasteiger partial charge >= 0.3 is 11.5 Å². The number of nitrogens with zero attached hydrogens (tertiary/aromatic N) is 3. The number of halogens is 4. The highest BCUT2D eigenvalue weighted by atomic mass is 32.2. The summed E-state index contributed by atoms with van der Waals surface area (Å²) in [5.41, 5.74) is -3.99. The molecule has 5 nitrogen and oxygen atoms in total. The van der Waals surface area contributed by atoms with Gasteiger partial charge in [-0.1, -0.05) is 0 Å². The lowest BCUT2D eigenvalue weighted by atomic mass is 10.1. The van der Waals surface area contributed by atoms with E-state index in [1.165, 1.54) is 47.5 Å². The summed E-state index contributed by atoms with van der Waals surface area (Å²) < 4.78 is 51.3. The van der Waals surface area contributed by atoms with Crippen LogP contribution in [0.5, 0.6) is 0 Å². The number of fused-ring (bicyclic) bond motifs is 1. The molecule has 0 radical (unpaired) electrons. The van der Waals surface area contributed by atoms with Crippen LogP contribution in [0, 0.1) is 5.82 Å². The predicted molar refractivity (Wildman–Crippen MR) is 110 cm³/mol. The van der Waals surface area contributed by atoms with Crippen LogP contribution in [0.15, 0.2) is 59.6 Å². The van der Waals surface area contributed by atoms with Crippen LogP contribution in [-0.2, 0) is 11.3 Å². The second-order valence-electron chi connectivity index (χ2n) is 7.71. The van der Waals surface area contributed by atoms with Crippen LogP contribution in [-0.4, -0.2) is 32.9 Å². The standard InChI is InChI=1S/C22H15F4N3O2S/c23-14-1-6-17-13(7-10-27-18(17)11-14)12-28-20(31)29(19(30)21(28)8-9-21)15-2-4-16(5-3-15)32-22(24,25)26/h1-7,10-11H,8-9,12H2. The smallest absolute Gasteiger partial charge is 0.305 e. The van der Waals surface area contributed by atoms with Crippen molar-refractivity contribution in [2.45, 2.75) is 35.3 Å². The molecule has 32 heavy (non-hydrogen) atoms. The lowest BCUT2D eigenvalue weighted by Crippen LogP contribution is -2.36. The van der Waals surface area contributed by atoms with Crippen LogP contribution in [0.3, 0.4) is 0 Å².